The molecule has 1 fully saturated rings. The second-order valence-corrected chi connectivity index (χ2v) is 6.65. The fourth-order valence-corrected chi connectivity index (χ4v) is 3.95. The SMILES string of the molecule is O=c1cc(C2CCNCC2)n2c(n1)C1C(Br)=CC(F)=CC1=N2. The molecule has 1 aromatic heterocycles. The number of nitrogens with zero attached hydrogens (tertiary/aromatic N) is 3. The summed E-state index contributed by atoms with van der Waals surface area (Å²) in [5, 5.41) is 7.83. The highest BCUT2D eigenvalue weighted by Crippen LogP contribution is 2.39. The standard InChI is InChI=1S/C15H14BrFN4O/c16-10-5-9(17)6-11-14(10)15-19-13(22)7-12(21(15)20-11)8-1-3-18-4-2-8/h5-8,14,18H,1-4H2. The molecule has 0 radical (unpaired) electrons. The van der Waals surface area contributed by atoms with E-state index in [9.17, 15) is 9.18 Å². The van der Waals surface area contributed by atoms with Crippen molar-refractivity contribution in [2.24, 2.45) is 5.10 Å². The van der Waals surface area contributed by atoms with E-state index in [-0.39, 0.29) is 23.2 Å². The Morgan fingerprint density at radius 2 is 2.09 bits per heavy atom. The van der Waals surface area contributed by atoms with Crippen LogP contribution in [0.5, 0.6) is 0 Å². The summed E-state index contributed by atoms with van der Waals surface area (Å²) in [6.07, 6.45) is 4.72. The molecule has 1 saturated heterocycles. The molecule has 0 amide bonds. The van der Waals surface area contributed by atoms with Crippen molar-refractivity contribution in [3.8, 4) is 0 Å². The van der Waals surface area contributed by atoms with Gasteiger partial charge in [-0.2, -0.15) is 10.1 Å². The molecule has 0 saturated carbocycles. The third kappa shape index (κ3) is 2.19. The molecule has 1 N–H and O–H groups in total. The van der Waals surface area contributed by atoms with Gasteiger partial charge in [0.15, 0.2) is 0 Å². The molecule has 1 aromatic rings. The molecule has 3 heterocycles. The van der Waals surface area contributed by atoms with Gasteiger partial charge in [0.05, 0.1) is 17.3 Å². The number of aromatic nitrogens is 2. The lowest BCUT2D eigenvalue weighted by Crippen LogP contribution is -2.29. The Bertz CT molecular complexity index is 789. The normalized spacial score (nSPS) is 24.3. The Morgan fingerprint density at radius 1 is 1.32 bits per heavy atom. The van der Waals surface area contributed by atoms with Crippen molar-refractivity contribution in [1.82, 2.24) is 15.0 Å². The Morgan fingerprint density at radius 3 is 2.86 bits per heavy atom. The van der Waals surface area contributed by atoms with Gasteiger partial charge in [-0.3, -0.25) is 4.79 Å². The van der Waals surface area contributed by atoms with Crippen LogP contribution in [-0.4, -0.2) is 28.5 Å². The molecule has 114 valence electrons. The molecule has 0 spiro atoms. The van der Waals surface area contributed by atoms with Crippen molar-refractivity contribution in [3.63, 3.8) is 0 Å². The molecule has 22 heavy (non-hydrogen) atoms. The monoisotopic (exact) mass is 364 g/mol. The first-order chi connectivity index (χ1) is 10.6. The molecule has 2 aliphatic heterocycles. The van der Waals surface area contributed by atoms with Gasteiger partial charge in [-0.15, -0.1) is 0 Å². The van der Waals surface area contributed by atoms with Crippen LogP contribution in [0.4, 0.5) is 4.39 Å². The van der Waals surface area contributed by atoms with Crippen LogP contribution in [0.2, 0.25) is 0 Å². The highest BCUT2D eigenvalue weighted by molar-refractivity contribution is 9.11. The lowest BCUT2D eigenvalue weighted by Gasteiger charge is -2.24. The lowest BCUT2D eigenvalue weighted by atomic mass is 9.93. The summed E-state index contributed by atoms with van der Waals surface area (Å²) in [5.74, 6) is 0.217. The number of allylic oxidation sites excluding steroid dienone is 4. The minimum absolute atomic E-state index is 0.258. The second kappa shape index (κ2) is 5.24. The van der Waals surface area contributed by atoms with Gasteiger partial charge in [0, 0.05) is 16.5 Å². The maximum atomic E-state index is 13.6. The zero-order chi connectivity index (χ0) is 15.3. The van der Waals surface area contributed by atoms with Gasteiger partial charge in [0.2, 0.25) is 0 Å². The number of fused-ring (bicyclic) bond motifs is 3. The molecule has 3 aliphatic rings. The van der Waals surface area contributed by atoms with Crippen LogP contribution in [0.1, 0.15) is 36.2 Å². The van der Waals surface area contributed by atoms with E-state index in [1.165, 1.54) is 12.2 Å². The van der Waals surface area contributed by atoms with Crippen molar-refractivity contribution < 1.29 is 4.39 Å². The van der Waals surface area contributed by atoms with E-state index in [1.54, 1.807) is 10.7 Å². The van der Waals surface area contributed by atoms with Gasteiger partial charge in [0.25, 0.3) is 5.56 Å². The average molecular weight is 365 g/mol. The van der Waals surface area contributed by atoms with Crippen LogP contribution in [0, 0.1) is 0 Å². The van der Waals surface area contributed by atoms with Crippen LogP contribution >= 0.6 is 15.9 Å². The van der Waals surface area contributed by atoms with E-state index in [1.807, 2.05) is 0 Å². The summed E-state index contributed by atoms with van der Waals surface area (Å²) in [6.45, 7) is 1.85. The van der Waals surface area contributed by atoms with Crippen molar-refractivity contribution in [2.75, 3.05) is 13.1 Å². The number of rotatable bonds is 1. The molecular weight excluding hydrogens is 351 g/mol. The van der Waals surface area contributed by atoms with Crippen LogP contribution in [0.25, 0.3) is 0 Å². The summed E-state index contributed by atoms with van der Waals surface area (Å²) >= 11 is 3.38. The quantitative estimate of drug-likeness (QED) is 0.830. The molecule has 1 unspecified atom stereocenters. The summed E-state index contributed by atoms with van der Waals surface area (Å²) in [7, 11) is 0. The molecule has 4 rings (SSSR count). The van der Waals surface area contributed by atoms with E-state index in [2.05, 4.69) is 31.3 Å². The third-order valence-corrected chi connectivity index (χ3v) is 5.01. The van der Waals surface area contributed by atoms with Crippen LogP contribution in [-0.2, 0) is 0 Å². The van der Waals surface area contributed by atoms with Crippen LogP contribution in [0.3, 0.4) is 0 Å². The number of nitrogens with one attached hydrogen (secondary N) is 1. The Kier molecular flexibility index (Phi) is 3.34. The lowest BCUT2D eigenvalue weighted by molar-refractivity contribution is 0.439. The maximum Gasteiger partial charge on any atom is 0.273 e. The maximum absolute atomic E-state index is 13.6. The van der Waals surface area contributed by atoms with E-state index >= 15 is 0 Å². The highest BCUT2D eigenvalue weighted by Gasteiger charge is 2.35. The van der Waals surface area contributed by atoms with Crippen LogP contribution < -0.4 is 10.9 Å². The third-order valence-electron chi connectivity index (χ3n) is 4.32. The Labute approximate surface area is 134 Å². The van der Waals surface area contributed by atoms with Crippen molar-refractivity contribution in [1.29, 1.82) is 0 Å². The molecule has 7 heteroatoms. The van der Waals surface area contributed by atoms with Gasteiger partial charge < -0.3 is 5.32 Å². The fourth-order valence-electron chi connectivity index (χ4n) is 3.30. The largest absolute Gasteiger partial charge is 0.317 e. The van der Waals surface area contributed by atoms with Gasteiger partial charge in [0.1, 0.15) is 11.7 Å². The molecular formula is C15H14BrFN4O. The van der Waals surface area contributed by atoms with Crippen molar-refractivity contribution >= 4 is 21.6 Å². The van der Waals surface area contributed by atoms with Crippen molar-refractivity contribution in [3.05, 3.63) is 50.4 Å². The Hall–Kier alpha value is -1.60. The number of halogens is 2. The molecule has 0 aromatic carbocycles. The molecule has 1 aliphatic carbocycles. The van der Waals surface area contributed by atoms with Crippen LogP contribution in [0.15, 0.2) is 38.4 Å². The van der Waals surface area contributed by atoms with E-state index in [0.29, 0.717) is 16.0 Å². The summed E-state index contributed by atoms with van der Waals surface area (Å²) < 4.78 is 16.0. The van der Waals surface area contributed by atoms with E-state index < -0.39 is 0 Å². The van der Waals surface area contributed by atoms with Gasteiger partial charge in [-0.25, -0.2) is 9.07 Å². The number of hydrogen-bond donors (Lipinski definition) is 1. The zero-order valence-corrected chi connectivity index (χ0v) is 13.3. The first-order valence-electron chi connectivity index (χ1n) is 7.31. The summed E-state index contributed by atoms with van der Waals surface area (Å²) in [5.41, 5.74) is 1.21. The fraction of sp³-hybridized carbons (Fsp3) is 0.400. The van der Waals surface area contributed by atoms with Crippen molar-refractivity contribution in [2.45, 2.75) is 24.7 Å². The first kappa shape index (κ1) is 14.0. The Balaban J connectivity index is 1.87. The minimum Gasteiger partial charge on any atom is -0.317 e. The second-order valence-electron chi connectivity index (χ2n) is 5.73. The minimum atomic E-state index is -0.346. The zero-order valence-electron chi connectivity index (χ0n) is 11.7. The number of piperidine rings is 1. The van der Waals surface area contributed by atoms with Gasteiger partial charge >= 0.3 is 0 Å². The summed E-state index contributed by atoms with van der Waals surface area (Å²) in [6, 6.07) is 1.57. The molecule has 1 atom stereocenters. The van der Waals surface area contributed by atoms with E-state index in [0.717, 1.165) is 31.6 Å². The van der Waals surface area contributed by atoms with E-state index in [4.69, 9.17) is 0 Å². The highest BCUT2D eigenvalue weighted by atomic mass is 79.9. The average Bonchev–Trinajstić information content (AvgIpc) is 2.85. The first-order valence-corrected chi connectivity index (χ1v) is 8.10. The smallest absolute Gasteiger partial charge is 0.273 e. The van der Waals surface area contributed by atoms with Gasteiger partial charge in [-0.1, -0.05) is 15.9 Å². The predicted molar refractivity (Wildman–Crippen MR) is 85.1 cm³/mol. The summed E-state index contributed by atoms with van der Waals surface area (Å²) in [4.78, 5) is 16.1. The number of hydrogen-bond acceptors (Lipinski definition) is 4. The molecule has 5 nitrogen and oxygen atoms in total. The topological polar surface area (TPSA) is 59.3 Å². The predicted octanol–water partition coefficient (Wildman–Crippen LogP) is 2.16. The van der Waals surface area contributed by atoms with Gasteiger partial charge in [-0.05, 0) is 38.1 Å². The molecule has 0 bridgehead atoms.